The Morgan fingerprint density at radius 3 is 2.85 bits per heavy atom. The summed E-state index contributed by atoms with van der Waals surface area (Å²) in [5.41, 5.74) is 0. The number of carbonyl (C=O) groups is 2. The summed E-state index contributed by atoms with van der Waals surface area (Å²) in [5, 5.41) is 21.9. The van der Waals surface area contributed by atoms with Crippen LogP contribution in [0.4, 0.5) is 0 Å². The molecule has 1 heterocycles. The number of amides is 1. The fourth-order valence-corrected chi connectivity index (χ4v) is 3.58. The van der Waals surface area contributed by atoms with E-state index in [0.29, 0.717) is 13.0 Å². The van der Waals surface area contributed by atoms with E-state index in [0.717, 1.165) is 10.8 Å². The van der Waals surface area contributed by atoms with Crippen LogP contribution in [-0.2, 0) is 19.1 Å². The molecule has 8 nitrogen and oxygen atoms in total. The van der Waals surface area contributed by atoms with Crippen molar-refractivity contribution in [2.24, 2.45) is 0 Å². The van der Waals surface area contributed by atoms with Gasteiger partial charge in [-0.15, -0.1) is 0 Å². The highest BCUT2D eigenvalue weighted by molar-refractivity contribution is 8.76. The Morgan fingerprint density at radius 1 is 1.33 bits per heavy atom. The monoisotopic (exact) mass is 418 g/mol. The van der Waals surface area contributed by atoms with Gasteiger partial charge in [0.15, 0.2) is 6.29 Å². The van der Waals surface area contributed by atoms with Gasteiger partial charge in [0, 0.05) is 31.3 Å². The Kier molecular flexibility index (Phi) is 12.9. The van der Waals surface area contributed by atoms with Gasteiger partial charge < -0.3 is 25.0 Å². The van der Waals surface area contributed by atoms with E-state index < -0.39 is 18.4 Å². The van der Waals surface area contributed by atoms with E-state index in [1.807, 2.05) is 18.2 Å². The first-order chi connectivity index (χ1) is 13.0. The minimum absolute atomic E-state index is 0.0833. The van der Waals surface area contributed by atoms with Gasteiger partial charge in [-0.25, -0.2) is 4.98 Å². The average Bonchev–Trinajstić information content (AvgIpc) is 2.66. The van der Waals surface area contributed by atoms with Gasteiger partial charge in [0.1, 0.15) is 11.6 Å². The fraction of sp³-hybridized carbons (Fsp3) is 0.588. The number of pyridine rings is 1. The molecule has 0 aliphatic rings. The Morgan fingerprint density at radius 2 is 2.15 bits per heavy atom. The van der Waals surface area contributed by atoms with Crippen molar-refractivity contribution in [2.45, 2.75) is 43.6 Å². The van der Waals surface area contributed by atoms with Crippen LogP contribution in [0.1, 0.15) is 26.2 Å². The first-order valence-electron chi connectivity index (χ1n) is 8.58. The van der Waals surface area contributed by atoms with Crippen molar-refractivity contribution in [1.82, 2.24) is 10.3 Å². The molecule has 27 heavy (non-hydrogen) atoms. The lowest BCUT2D eigenvalue weighted by atomic mass is 10.2. The molecule has 2 unspecified atom stereocenters. The number of ether oxygens (including phenoxy) is 2. The van der Waals surface area contributed by atoms with E-state index >= 15 is 0 Å². The van der Waals surface area contributed by atoms with Crippen molar-refractivity contribution < 1.29 is 29.3 Å². The fourth-order valence-electron chi connectivity index (χ4n) is 1.80. The highest BCUT2D eigenvalue weighted by Gasteiger charge is 2.12. The molecule has 1 rings (SSSR count). The summed E-state index contributed by atoms with van der Waals surface area (Å²) in [6, 6.07) is 5.71. The first-order valence-corrected chi connectivity index (χ1v) is 10.9. The predicted octanol–water partition coefficient (Wildman–Crippen LogP) is 1.37. The molecule has 0 saturated carbocycles. The molecule has 0 aliphatic heterocycles. The van der Waals surface area contributed by atoms with Gasteiger partial charge in [-0.2, -0.15) is 0 Å². The Balaban J connectivity index is 1.99. The summed E-state index contributed by atoms with van der Waals surface area (Å²) in [4.78, 5) is 27.4. The van der Waals surface area contributed by atoms with Gasteiger partial charge in [0.2, 0.25) is 5.91 Å². The normalized spacial score (nSPS) is 13.0. The minimum atomic E-state index is -1.28. The highest BCUT2D eigenvalue weighted by Crippen LogP contribution is 2.28. The summed E-state index contributed by atoms with van der Waals surface area (Å²) in [6.45, 7) is 1.58. The molecular weight excluding hydrogens is 392 g/mol. The van der Waals surface area contributed by atoms with Crippen LogP contribution < -0.4 is 5.32 Å². The molecule has 1 aromatic heterocycles. The summed E-state index contributed by atoms with van der Waals surface area (Å²) in [5.74, 6) is 0.120. The zero-order chi connectivity index (χ0) is 19.9. The zero-order valence-electron chi connectivity index (χ0n) is 15.2. The average molecular weight is 419 g/mol. The van der Waals surface area contributed by atoms with Gasteiger partial charge in [0.25, 0.3) is 0 Å². The van der Waals surface area contributed by atoms with Crippen LogP contribution in [0, 0.1) is 0 Å². The largest absolute Gasteiger partial charge is 0.460 e. The molecule has 0 fully saturated rings. The lowest BCUT2D eigenvalue weighted by Gasteiger charge is -2.16. The van der Waals surface area contributed by atoms with Gasteiger partial charge in [-0.05, 0) is 36.3 Å². The smallest absolute Gasteiger partial charge is 0.305 e. The predicted molar refractivity (Wildman–Crippen MR) is 104 cm³/mol. The second kappa shape index (κ2) is 14.7. The first kappa shape index (κ1) is 23.7. The number of carbonyl (C=O) groups excluding carboxylic acids is 2. The quantitative estimate of drug-likeness (QED) is 0.178. The number of hydrogen-bond acceptors (Lipinski definition) is 9. The number of aliphatic hydroxyl groups is 2. The topological polar surface area (TPSA) is 118 Å². The van der Waals surface area contributed by atoms with Crippen LogP contribution >= 0.6 is 21.6 Å². The van der Waals surface area contributed by atoms with Crippen molar-refractivity contribution in [3.8, 4) is 0 Å². The zero-order valence-corrected chi connectivity index (χ0v) is 16.8. The van der Waals surface area contributed by atoms with Gasteiger partial charge in [-0.1, -0.05) is 16.9 Å². The van der Waals surface area contributed by atoms with Crippen LogP contribution in [0.15, 0.2) is 29.4 Å². The van der Waals surface area contributed by atoms with E-state index in [2.05, 4.69) is 10.3 Å². The van der Waals surface area contributed by atoms with E-state index in [9.17, 15) is 14.7 Å². The molecule has 0 aromatic carbocycles. The number of nitrogens with zero attached hydrogens (tertiary/aromatic N) is 1. The Hall–Kier alpha value is -1.33. The third-order valence-electron chi connectivity index (χ3n) is 3.11. The third kappa shape index (κ3) is 12.6. The Bertz CT molecular complexity index is 549. The third-order valence-corrected chi connectivity index (χ3v) is 5.37. The molecule has 0 saturated heterocycles. The molecule has 10 heteroatoms. The molecule has 0 aliphatic carbocycles. The van der Waals surface area contributed by atoms with Crippen LogP contribution in [-0.4, -0.2) is 65.0 Å². The summed E-state index contributed by atoms with van der Waals surface area (Å²) >= 11 is 0. The molecule has 152 valence electrons. The number of aromatic nitrogens is 1. The van der Waals surface area contributed by atoms with Crippen molar-refractivity contribution in [2.75, 3.05) is 25.5 Å². The lowest BCUT2D eigenvalue weighted by Crippen LogP contribution is -2.28. The number of esters is 1. The van der Waals surface area contributed by atoms with E-state index in [1.165, 1.54) is 0 Å². The summed E-state index contributed by atoms with van der Waals surface area (Å²) < 4.78 is 9.79. The molecule has 0 spiro atoms. The molecule has 3 N–H and O–H groups in total. The molecular formula is C17H26N2O6S2. The van der Waals surface area contributed by atoms with E-state index in [1.54, 1.807) is 34.7 Å². The molecule has 0 radical (unpaired) electrons. The highest BCUT2D eigenvalue weighted by atomic mass is 33.1. The SMILES string of the molecule is CC(CO)OC(O)COC(=O)CCCC(=O)NCCSSc1ccccn1. The standard InChI is InChI=1S/C17H26N2O6S2/c1-13(11-20)25-17(23)12-24-16(22)7-4-5-14(21)18-9-10-26-27-15-6-2-3-8-19-15/h2-3,6,8,13,17,20,23H,4-5,7,9-12H2,1H3,(H,18,21). The van der Waals surface area contributed by atoms with Crippen molar-refractivity contribution >= 4 is 33.5 Å². The lowest BCUT2D eigenvalue weighted by molar-refractivity contribution is -0.180. The van der Waals surface area contributed by atoms with Gasteiger partial charge >= 0.3 is 5.97 Å². The van der Waals surface area contributed by atoms with Crippen LogP contribution in [0.25, 0.3) is 0 Å². The van der Waals surface area contributed by atoms with Gasteiger partial charge in [-0.3, -0.25) is 9.59 Å². The van der Waals surface area contributed by atoms with E-state index in [4.69, 9.17) is 14.6 Å². The summed E-state index contributed by atoms with van der Waals surface area (Å²) in [7, 11) is 3.16. The van der Waals surface area contributed by atoms with Gasteiger partial charge in [0.05, 0.1) is 12.7 Å². The minimum Gasteiger partial charge on any atom is -0.460 e. The number of rotatable bonds is 14. The second-order valence-corrected chi connectivity index (χ2v) is 7.98. The van der Waals surface area contributed by atoms with Crippen molar-refractivity contribution in [3.05, 3.63) is 24.4 Å². The maximum atomic E-state index is 11.7. The molecule has 1 amide bonds. The molecule has 0 bridgehead atoms. The number of hydrogen-bond donors (Lipinski definition) is 3. The van der Waals surface area contributed by atoms with Crippen LogP contribution in [0.5, 0.6) is 0 Å². The number of nitrogens with one attached hydrogen (secondary N) is 1. The van der Waals surface area contributed by atoms with Crippen molar-refractivity contribution in [3.63, 3.8) is 0 Å². The maximum absolute atomic E-state index is 11.7. The second-order valence-electron chi connectivity index (χ2n) is 5.54. The van der Waals surface area contributed by atoms with E-state index in [-0.39, 0.29) is 32.0 Å². The Labute approximate surface area is 166 Å². The van der Waals surface area contributed by atoms with Crippen LogP contribution in [0.3, 0.4) is 0 Å². The maximum Gasteiger partial charge on any atom is 0.305 e. The molecule has 1 aromatic rings. The van der Waals surface area contributed by atoms with Crippen LogP contribution in [0.2, 0.25) is 0 Å². The number of aliphatic hydroxyl groups excluding tert-OH is 2. The van der Waals surface area contributed by atoms with Crippen molar-refractivity contribution in [1.29, 1.82) is 0 Å². The molecule has 2 atom stereocenters. The summed E-state index contributed by atoms with van der Waals surface area (Å²) in [6.07, 6.45) is 0.598.